The molecule has 0 fully saturated rings. The Balaban J connectivity index is 1.50. The molecule has 6 heteroatoms. The van der Waals surface area contributed by atoms with Gasteiger partial charge in [-0.25, -0.2) is 0 Å². The number of hydrogen-bond donors (Lipinski definition) is 0. The second kappa shape index (κ2) is 16.7. The summed E-state index contributed by atoms with van der Waals surface area (Å²) in [5, 5.41) is 0. The van der Waals surface area contributed by atoms with Crippen LogP contribution in [0.15, 0.2) is 84.9 Å². The van der Waals surface area contributed by atoms with Crippen LogP contribution in [-0.2, 0) is 26.6 Å². The van der Waals surface area contributed by atoms with Crippen LogP contribution in [0.5, 0.6) is 11.5 Å². The Bertz CT molecular complexity index is 1300. The molecule has 4 rings (SSSR count). The van der Waals surface area contributed by atoms with E-state index in [0.29, 0.717) is 21.2 Å². The van der Waals surface area contributed by atoms with Gasteiger partial charge in [0.15, 0.2) is 0 Å². The van der Waals surface area contributed by atoms with E-state index in [1.165, 1.54) is 61.1 Å². The van der Waals surface area contributed by atoms with E-state index in [1.807, 2.05) is 6.07 Å². The number of rotatable bonds is 14. The second-order valence-electron chi connectivity index (χ2n) is 9.22. The first-order chi connectivity index (χ1) is 19.1. The molecule has 0 unspecified atom stereocenters. The van der Waals surface area contributed by atoms with Crippen molar-refractivity contribution in [3.8, 4) is 22.6 Å². The molecule has 0 heterocycles. The van der Waals surface area contributed by atoms with E-state index in [9.17, 15) is 0 Å². The third-order valence-corrected chi connectivity index (χ3v) is 14.4. The standard InChI is InChI=1S/C33H35I4O2/c1-35-19-25-8-10-27(11-9-25)21-37-23-29-12-28(22-36-20-26-6-4-24(18-34)5-7-26)13-30(14-29)31-15-32(38-2)17-33(16-31)39-3/h4-17H,18-23H2,1-3H3/q-3. The summed E-state index contributed by atoms with van der Waals surface area (Å²) in [6, 6.07) is 32.1. The molecule has 0 radical (unpaired) electrons. The van der Waals surface area contributed by atoms with Crippen LogP contribution < -0.4 is 73.1 Å². The SMILES string of the molecule is COc1cc(OC)cc(-c2cc(C[I-]Cc3ccc(CI)cc3)cc(C[I-]Cc3ccc(C[I-]C)cc3)c2)c1. The van der Waals surface area contributed by atoms with Gasteiger partial charge in [-0.1, -0.05) is 0 Å². The monoisotopic (exact) mass is 971 g/mol. The van der Waals surface area contributed by atoms with Gasteiger partial charge in [-0.05, 0) is 0 Å². The molecule has 4 aromatic rings. The van der Waals surface area contributed by atoms with Crippen molar-refractivity contribution in [2.24, 2.45) is 0 Å². The summed E-state index contributed by atoms with van der Waals surface area (Å²) in [6.07, 6.45) is 0. The summed E-state index contributed by atoms with van der Waals surface area (Å²) in [7, 11) is 3.44. The Labute approximate surface area is 279 Å². The van der Waals surface area contributed by atoms with E-state index in [4.69, 9.17) is 9.47 Å². The number of benzene rings is 4. The van der Waals surface area contributed by atoms with Gasteiger partial charge in [-0.2, -0.15) is 0 Å². The first-order valence-electron chi connectivity index (χ1n) is 12.7. The molecule has 0 aliphatic rings. The van der Waals surface area contributed by atoms with E-state index in [-0.39, 0.29) is 42.4 Å². The fourth-order valence-electron chi connectivity index (χ4n) is 4.18. The van der Waals surface area contributed by atoms with Gasteiger partial charge in [-0.15, -0.1) is 0 Å². The molecule has 0 amide bonds. The van der Waals surface area contributed by atoms with Crippen LogP contribution >= 0.6 is 22.6 Å². The molecule has 4 aromatic carbocycles. The quantitative estimate of drug-likeness (QED) is 0.121. The van der Waals surface area contributed by atoms with Crippen molar-refractivity contribution in [2.75, 3.05) is 19.2 Å². The summed E-state index contributed by atoms with van der Waals surface area (Å²) in [5.41, 5.74) is 11.3. The van der Waals surface area contributed by atoms with Gasteiger partial charge in [0, 0.05) is 0 Å². The zero-order valence-corrected chi connectivity index (χ0v) is 31.3. The second-order valence-corrected chi connectivity index (χ2v) is 17.5. The van der Waals surface area contributed by atoms with Crippen LogP contribution in [0, 0.1) is 0 Å². The first kappa shape index (κ1) is 31.3. The first-order valence-corrected chi connectivity index (χ1v) is 24.0. The third-order valence-electron chi connectivity index (χ3n) is 6.22. The van der Waals surface area contributed by atoms with Crippen molar-refractivity contribution in [1.29, 1.82) is 0 Å². The van der Waals surface area contributed by atoms with Crippen molar-refractivity contribution < 1.29 is 73.1 Å². The van der Waals surface area contributed by atoms with Gasteiger partial charge in [0.1, 0.15) is 0 Å². The molecule has 0 aromatic heterocycles. The Kier molecular flexibility index (Phi) is 13.5. The van der Waals surface area contributed by atoms with Crippen LogP contribution in [0.4, 0.5) is 0 Å². The van der Waals surface area contributed by atoms with Crippen LogP contribution in [0.2, 0.25) is 0 Å². The predicted octanol–water partition coefficient (Wildman–Crippen LogP) is -0.897. The molecule has 2 nitrogen and oxygen atoms in total. The fraction of sp³-hybridized carbons (Fsp3) is 0.273. The van der Waals surface area contributed by atoms with Crippen molar-refractivity contribution in [2.45, 2.75) is 26.6 Å². The summed E-state index contributed by atoms with van der Waals surface area (Å²) in [4.78, 5) is 2.35. The Morgan fingerprint density at radius 2 is 0.923 bits per heavy atom. The number of halogens is 4. The predicted molar refractivity (Wildman–Crippen MR) is 160 cm³/mol. The number of ether oxygens (including phenoxy) is 2. The van der Waals surface area contributed by atoms with Crippen molar-refractivity contribution in [3.05, 3.63) is 118 Å². The van der Waals surface area contributed by atoms with Crippen LogP contribution in [-0.4, -0.2) is 19.2 Å². The van der Waals surface area contributed by atoms with Crippen LogP contribution in [0.1, 0.15) is 33.4 Å². The summed E-state index contributed by atoms with van der Waals surface area (Å²) >= 11 is 2.83. The molecule has 210 valence electrons. The number of methoxy groups -OCH3 is 2. The Morgan fingerprint density at radius 3 is 1.36 bits per heavy atom. The summed E-state index contributed by atoms with van der Waals surface area (Å²) < 4.78 is 18.3. The van der Waals surface area contributed by atoms with Gasteiger partial charge in [0.05, 0.1) is 0 Å². The van der Waals surface area contributed by atoms with Crippen LogP contribution in [0.3, 0.4) is 0 Å². The Morgan fingerprint density at radius 1 is 0.513 bits per heavy atom. The van der Waals surface area contributed by atoms with E-state index in [1.54, 1.807) is 14.2 Å². The minimum absolute atomic E-state index is 0.0412. The molecular weight excluding hydrogens is 936 g/mol. The Hall–Kier alpha value is -0.600. The molecular formula is C33H35I4O2-3. The molecule has 0 aliphatic carbocycles. The molecule has 0 atom stereocenters. The molecule has 0 N–H and O–H groups in total. The summed E-state index contributed by atoms with van der Waals surface area (Å²) in [6.45, 7) is 0. The molecule has 0 saturated carbocycles. The van der Waals surface area contributed by atoms with Gasteiger partial charge < -0.3 is 0 Å². The molecule has 0 aliphatic heterocycles. The van der Waals surface area contributed by atoms with Gasteiger partial charge in [-0.3, -0.25) is 0 Å². The average molecular weight is 971 g/mol. The van der Waals surface area contributed by atoms with Crippen molar-refractivity contribution in [3.63, 3.8) is 0 Å². The zero-order valence-electron chi connectivity index (χ0n) is 22.7. The average Bonchev–Trinajstić information content (AvgIpc) is 2.98. The van der Waals surface area contributed by atoms with E-state index >= 15 is 0 Å². The van der Waals surface area contributed by atoms with E-state index < -0.39 is 0 Å². The van der Waals surface area contributed by atoms with Crippen molar-refractivity contribution >= 4 is 22.6 Å². The van der Waals surface area contributed by atoms with Crippen molar-refractivity contribution in [1.82, 2.24) is 0 Å². The maximum atomic E-state index is 5.58. The molecule has 0 saturated heterocycles. The van der Waals surface area contributed by atoms with Gasteiger partial charge in [0.25, 0.3) is 0 Å². The molecule has 0 bridgehead atoms. The number of alkyl halides is 7. The normalized spacial score (nSPS) is 11.3. The van der Waals surface area contributed by atoms with E-state index in [2.05, 4.69) is 106 Å². The topological polar surface area (TPSA) is 18.5 Å². The molecule has 0 spiro atoms. The fourth-order valence-corrected chi connectivity index (χ4v) is 11.0. The van der Waals surface area contributed by atoms with Gasteiger partial charge >= 0.3 is 282 Å². The number of hydrogen-bond acceptors (Lipinski definition) is 2. The van der Waals surface area contributed by atoms with Gasteiger partial charge in [0.2, 0.25) is 0 Å². The molecule has 39 heavy (non-hydrogen) atoms. The van der Waals surface area contributed by atoms with Crippen LogP contribution in [0.25, 0.3) is 11.1 Å². The third kappa shape index (κ3) is 10.0. The minimum atomic E-state index is 0.0412. The zero-order chi connectivity index (χ0) is 27.5. The van der Waals surface area contributed by atoms with E-state index in [0.717, 1.165) is 21.5 Å². The maximum absolute atomic E-state index is 5.58. The summed E-state index contributed by atoms with van der Waals surface area (Å²) in [5.74, 6) is 1.67.